The first-order valence-electron chi connectivity index (χ1n) is 11.9. The predicted octanol–water partition coefficient (Wildman–Crippen LogP) is 7.28. The van der Waals surface area contributed by atoms with Crippen LogP contribution in [0.3, 0.4) is 0 Å². The fourth-order valence-electron chi connectivity index (χ4n) is 4.57. The van der Waals surface area contributed by atoms with Crippen molar-refractivity contribution >= 4 is 34.2 Å². The van der Waals surface area contributed by atoms with Crippen LogP contribution >= 0.6 is 0 Å². The number of benzene rings is 3. The van der Waals surface area contributed by atoms with Crippen molar-refractivity contribution in [3.05, 3.63) is 119 Å². The highest BCUT2D eigenvalue weighted by molar-refractivity contribution is 5.90. The number of ether oxygens (including phenoxy) is 2. The summed E-state index contributed by atoms with van der Waals surface area (Å²) < 4.78 is 10.3. The number of carbonyl (C=O) groups excluding carboxylic acids is 2. The average Bonchev–Trinajstić information content (AvgIpc) is 3.55. The number of esters is 2. The summed E-state index contributed by atoms with van der Waals surface area (Å²) in [6, 6.07) is 24.0. The van der Waals surface area contributed by atoms with Gasteiger partial charge < -0.3 is 9.47 Å². The van der Waals surface area contributed by atoms with Crippen molar-refractivity contribution in [1.29, 1.82) is 0 Å². The van der Waals surface area contributed by atoms with E-state index in [1.807, 2.05) is 48.5 Å². The Bertz CT molecular complexity index is 1340. The molecular weight excluding hydrogens is 448 g/mol. The summed E-state index contributed by atoms with van der Waals surface area (Å²) >= 11 is 0. The van der Waals surface area contributed by atoms with Crippen LogP contribution in [0.2, 0.25) is 0 Å². The van der Waals surface area contributed by atoms with Gasteiger partial charge in [0.2, 0.25) is 0 Å². The van der Waals surface area contributed by atoms with Crippen LogP contribution in [-0.4, -0.2) is 11.9 Å². The highest BCUT2D eigenvalue weighted by atomic mass is 16.5. The van der Waals surface area contributed by atoms with Crippen LogP contribution in [0.5, 0.6) is 11.5 Å². The molecule has 0 heterocycles. The van der Waals surface area contributed by atoms with Crippen LogP contribution in [-0.2, 0) is 9.59 Å². The van der Waals surface area contributed by atoms with Gasteiger partial charge in [-0.3, -0.25) is 9.59 Å². The number of hydrogen-bond acceptors (Lipinski definition) is 4. The van der Waals surface area contributed by atoms with E-state index >= 15 is 0 Å². The molecule has 3 aromatic carbocycles. The first-order valence-corrected chi connectivity index (χ1v) is 11.9. The lowest BCUT2D eigenvalue weighted by Gasteiger charge is -2.11. The fourth-order valence-corrected chi connectivity index (χ4v) is 4.57. The Morgan fingerprint density at radius 1 is 0.528 bits per heavy atom. The Hall–Kier alpha value is -4.44. The van der Waals surface area contributed by atoms with Crippen molar-refractivity contribution in [1.82, 2.24) is 0 Å². The molecule has 3 aromatic rings. The second-order valence-corrected chi connectivity index (χ2v) is 8.94. The molecule has 0 saturated heterocycles. The summed E-state index contributed by atoms with van der Waals surface area (Å²) in [6.07, 6.45) is 10.4. The second-order valence-electron chi connectivity index (χ2n) is 8.94. The molecule has 2 aliphatic carbocycles. The highest BCUT2D eigenvalue weighted by Crippen LogP contribution is 2.38. The van der Waals surface area contributed by atoms with E-state index in [0.29, 0.717) is 11.5 Å². The molecule has 0 aromatic heterocycles. The SMILES string of the molecule is CC(=O)Oc1ccc(C2=CC=C(c3cccc(C4=CC=C(c5ccc(OC(C)=O)cc5)C4)c3)C2)cc1. The van der Waals surface area contributed by atoms with E-state index in [9.17, 15) is 9.59 Å². The first kappa shape index (κ1) is 23.3. The molecule has 0 atom stereocenters. The quantitative estimate of drug-likeness (QED) is 0.278. The summed E-state index contributed by atoms with van der Waals surface area (Å²) in [7, 11) is 0. The molecular formula is C32H26O4. The van der Waals surface area contributed by atoms with Crippen molar-refractivity contribution < 1.29 is 19.1 Å². The van der Waals surface area contributed by atoms with E-state index in [4.69, 9.17) is 9.47 Å². The van der Waals surface area contributed by atoms with E-state index in [-0.39, 0.29) is 11.9 Å². The Morgan fingerprint density at radius 3 is 1.25 bits per heavy atom. The third-order valence-corrected chi connectivity index (χ3v) is 6.31. The molecule has 5 rings (SSSR count). The molecule has 0 unspecified atom stereocenters. The van der Waals surface area contributed by atoms with Gasteiger partial charge in [0.25, 0.3) is 0 Å². The van der Waals surface area contributed by atoms with E-state index in [1.165, 1.54) is 47.3 Å². The molecule has 36 heavy (non-hydrogen) atoms. The summed E-state index contributed by atoms with van der Waals surface area (Å²) in [5.74, 6) is 0.486. The Labute approximate surface area is 210 Å². The Balaban J connectivity index is 1.23. The maximum absolute atomic E-state index is 11.1. The van der Waals surface area contributed by atoms with Crippen LogP contribution in [0, 0.1) is 0 Å². The number of allylic oxidation sites excluding steroid dienone is 8. The topological polar surface area (TPSA) is 52.6 Å². The minimum absolute atomic E-state index is 0.316. The Kier molecular flexibility index (Phi) is 6.50. The zero-order valence-electron chi connectivity index (χ0n) is 20.3. The standard InChI is InChI=1S/C32H26O4/c1-21(33)35-31-14-10-23(11-15-31)27-6-8-29(19-27)25-4-3-5-26(18-25)30-9-7-28(20-30)24-12-16-32(17-13-24)36-22(2)34/h3-18H,19-20H2,1-2H3. The molecule has 0 N–H and O–H groups in total. The molecule has 2 aliphatic rings. The lowest BCUT2D eigenvalue weighted by molar-refractivity contribution is -0.132. The van der Waals surface area contributed by atoms with E-state index in [1.54, 1.807) is 0 Å². The minimum atomic E-state index is -0.316. The summed E-state index contributed by atoms with van der Waals surface area (Å²) in [5, 5.41) is 0. The molecule has 4 heteroatoms. The molecule has 0 fully saturated rings. The monoisotopic (exact) mass is 474 g/mol. The Morgan fingerprint density at radius 2 is 0.889 bits per heavy atom. The smallest absolute Gasteiger partial charge is 0.308 e. The van der Waals surface area contributed by atoms with Gasteiger partial charge in [-0.2, -0.15) is 0 Å². The van der Waals surface area contributed by atoms with Gasteiger partial charge in [-0.15, -0.1) is 0 Å². The third kappa shape index (κ3) is 5.28. The molecule has 0 spiro atoms. The van der Waals surface area contributed by atoms with Gasteiger partial charge >= 0.3 is 11.9 Å². The lowest BCUT2D eigenvalue weighted by Crippen LogP contribution is -2.01. The number of hydrogen-bond donors (Lipinski definition) is 0. The highest BCUT2D eigenvalue weighted by Gasteiger charge is 2.16. The maximum atomic E-state index is 11.1. The van der Waals surface area contributed by atoms with E-state index in [2.05, 4.69) is 48.6 Å². The van der Waals surface area contributed by atoms with Crippen molar-refractivity contribution in [2.24, 2.45) is 0 Å². The van der Waals surface area contributed by atoms with E-state index in [0.717, 1.165) is 24.0 Å². The molecule has 178 valence electrons. The van der Waals surface area contributed by atoms with Crippen molar-refractivity contribution in [3.63, 3.8) is 0 Å². The maximum Gasteiger partial charge on any atom is 0.308 e. The second kappa shape index (κ2) is 10.0. The summed E-state index contributed by atoms with van der Waals surface area (Å²) in [6.45, 7) is 2.81. The zero-order valence-corrected chi connectivity index (χ0v) is 20.3. The van der Waals surface area contributed by atoms with Gasteiger partial charge in [-0.1, -0.05) is 66.8 Å². The lowest BCUT2D eigenvalue weighted by atomic mass is 9.94. The van der Waals surface area contributed by atoms with E-state index < -0.39 is 0 Å². The van der Waals surface area contributed by atoms with Crippen LogP contribution < -0.4 is 9.47 Å². The van der Waals surface area contributed by atoms with Gasteiger partial charge in [0, 0.05) is 13.8 Å². The minimum Gasteiger partial charge on any atom is -0.427 e. The van der Waals surface area contributed by atoms with Crippen molar-refractivity contribution in [2.75, 3.05) is 0 Å². The molecule has 0 amide bonds. The average molecular weight is 475 g/mol. The van der Waals surface area contributed by atoms with Crippen molar-refractivity contribution in [2.45, 2.75) is 26.7 Å². The molecule has 0 bridgehead atoms. The van der Waals surface area contributed by atoms with Crippen LogP contribution in [0.4, 0.5) is 0 Å². The predicted molar refractivity (Wildman–Crippen MR) is 143 cm³/mol. The largest absolute Gasteiger partial charge is 0.427 e. The molecule has 0 saturated carbocycles. The van der Waals surface area contributed by atoms with Gasteiger partial charge in [-0.25, -0.2) is 0 Å². The number of carbonyl (C=O) groups is 2. The van der Waals surface area contributed by atoms with Gasteiger partial charge in [0.05, 0.1) is 0 Å². The summed E-state index contributed by atoms with van der Waals surface area (Å²) in [4.78, 5) is 22.3. The molecule has 0 radical (unpaired) electrons. The fraction of sp³-hybridized carbons (Fsp3) is 0.125. The van der Waals surface area contributed by atoms with Crippen molar-refractivity contribution in [3.8, 4) is 11.5 Å². The normalized spacial score (nSPS) is 14.5. The zero-order chi connectivity index (χ0) is 25.1. The van der Waals surface area contributed by atoms with Gasteiger partial charge in [0.15, 0.2) is 0 Å². The number of rotatable bonds is 6. The van der Waals surface area contributed by atoms with Gasteiger partial charge in [-0.05, 0) is 87.7 Å². The first-order chi connectivity index (χ1) is 17.4. The van der Waals surface area contributed by atoms with Crippen LogP contribution in [0.1, 0.15) is 48.9 Å². The van der Waals surface area contributed by atoms with Gasteiger partial charge in [0.1, 0.15) is 11.5 Å². The molecule has 4 nitrogen and oxygen atoms in total. The summed E-state index contributed by atoms with van der Waals surface area (Å²) in [5.41, 5.74) is 9.73. The van der Waals surface area contributed by atoms with Crippen LogP contribution in [0.15, 0.2) is 97.1 Å². The molecule has 0 aliphatic heterocycles. The third-order valence-electron chi connectivity index (χ3n) is 6.31. The van der Waals surface area contributed by atoms with Crippen LogP contribution in [0.25, 0.3) is 22.3 Å².